The van der Waals surface area contributed by atoms with Gasteiger partial charge in [-0.15, -0.1) is 0 Å². The molecule has 1 amide bonds. The summed E-state index contributed by atoms with van der Waals surface area (Å²) in [4.78, 5) is 16.8. The molecule has 7 nitrogen and oxygen atoms in total. The molecular weight excluding hydrogens is 296 g/mol. The number of amides is 1. The molecule has 1 aliphatic heterocycles. The first-order chi connectivity index (χ1) is 11.0. The third kappa shape index (κ3) is 3.01. The number of hydrogen-bond acceptors (Lipinski definition) is 5. The monoisotopic (exact) mass is 318 g/mol. The van der Waals surface area contributed by atoms with E-state index in [0.29, 0.717) is 30.3 Å². The molecule has 0 aromatic carbocycles. The van der Waals surface area contributed by atoms with Crippen molar-refractivity contribution in [2.24, 2.45) is 0 Å². The Balaban J connectivity index is 1.73. The second-order valence-corrected chi connectivity index (χ2v) is 5.91. The van der Waals surface area contributed by atoms with Crippen molar-refractivity contribution in [1.29, 1.82) is 0 Å². The second kappa shape index (κ2) is 6.16. The van der Waals surface area contributed by atoms with Crippen LogP contribution in [0.2, 0.25) is 0 Å². The Morgan fingerprint density at radius 2 is 2.22 bits per heavy atom. The van der Waals surface area contributed by atoms with Crippen molar-refractivity contribution < 1.29 is 13.9 Å². The van der Waals surface area contributed by atoms with E-state index in [9.17, 15) is 4.79 Å². The van der Waals surface area contributed by atoms with Gasteiger partial charge >= 0.3 is 0 Å². The molecule has 0 aliphatic carbocycles. The third-order valence-electron chi connectivity index (χ3n) is 4.10. The highest BCUT2D eigenvalue weighted by Gasteiger charge is 2.29. The molecule has 7 heteroatoms. The van der Waals surface area contributed by atoms with Gasteiger partial charge in [-0.1, -0.05) is 6.92 Å². The SMILES string of the molecule is CCc1nc(C)c(CNC(=O)c2n[nH]c3c2C[C@H](C)O[C@@H]3C)o1. The molecule has 2 N–H and O–H groups in total. The molecule has 1 aliphatic rings. The molecule has 124 valence electrons. The van der Waals surface area contributed by atoms with E-state index in [-0.39, 0.29) is 18.1 Å². The molecule has 0 radical (unpaired) electrons. The number of carbonyl (C=O) groups excluding carboxylic acids is 1. The Labute approximate surface area is 134 Å². The summed E-state index contributed by atoms with van der Waals surface area (Å²) in [7, 11) is 0. The quantitative estimate of drug-likeness (QED) is 0.901. The number of oxazole rings is 1. The number of nitrogens with zero attached hydrogens (tertiary/aromatic N) is 2. The molecule has 0 saturated carbocycles. The summed E-state index contributed by atoms with van der Waals surface area (Å²) in [6.45, 7) is 8.12. The molecule has 2 aromatic rings. The van der Waals surface area contributed by atoms with Crippen LogP contribution in [0, 0.1) is 6.92 Å². The number of nitrogens with one attached hydrogen (secondary N) is 2. The Morgan fingerprint density at radius 1 is 1.43 bits per heavy atom. The van der Waals surface area contributed by atoms with Gasteiger partial charge in [0.05, 0.1) is 30.1 Å². The topological polar surface area (TPSA) is 93.0 Å². The van der Waals surface area contributed by atoms with E-state index in [4.69, 9.17) is 9.15 Å². The maximum atomic E-state index is 12.5. The molecule has 3 heterocycles. The van der Waals surface area contributed by atoms with Crippen molar-refractivity contribution in [2.75, 3.05) is 0 Å². The molecular formula is C16H22N4O3. The Morgan fingerprint density at radius 3 is 2.91 bits per heavy atom. The first-order valence-corrected chi connectivity index (χ1v) is 7.95. The summed E-state index contributed by atoms with van der Waals surface area (Å²) in [6.07, 6.45) is 1.41. The van der Waals surface area contributed by atoms with E-state index in [1.165, 1.54) is 0 Å². The fraction of sp³-hybridized carbons (Fsp3) is 0.562. The highest BCUT2D eigenvalue weighted by atomic mass is 16.5. The van der Waals surface area contributed by atoms with Crippen LogP contribution in [-0.4, -0.2) is 27.2 Å². The first kappa shape index (κ1) is 15.7. The number of hydrogen-bond donors (Lipinski definition) is 2. The van der Waals surface area contributed by atoms with E-state index in [1.807, 2.05) is 27.7 Å². The zero-order chi connectivity index (χ0) is 16.6. The molecule has 0 saturated heterocycles. The van der Waals surface area contributed by atoms with E-state index in [0.717, 1.165) is 23.4 Å². The summed E-state index contributed by atoms with van der Waals surface area (Å²) in [5, 5.41) is 9.97. The number of ether oxygens (including phenoxy) is 1. The van der Waals surface area contributed by atoms with Crippen LogP contribution >= 0.6 is 0 Å². The molecule has 2 aromatic heterocycles. The van der Waals surface area contributed by atoms with Gasteiger partial charge in [-0.05, 0) is 20.8 Å². The van der Waals surface area contributed by atoms with Gasteiger partial charge in [0, 0.05) is 18.4 Å². The summed E-state index contributed by atoms with van der Waals surface area (Å²) in [5.41, 5.74) is 3.08. The highest BCUT2D eigenvalue weighted by Crippen LogP contribution is 2.30. The van der Waals surface area contributed by atoms with Crippen molar-refractivity contribution in [3.05, 3.63) is 34.3 Å². The lowest BCUT2D eigenvalue weighted by atomic mass is 9.99. The lowest BCUT2D eigenvalue weighted by molar-refractivity contribution is -0.00697. The van der Waals surface area contributed by atoms with Crippen LogP contribution < -0.4 is 5.32 Å². The van der Waals surface area contributed by atoms with Gasteiger partial charge in [0.2, 0.25) is 0 Å². The first-order valence-electron chi connectivity index (χ1n) is 7.95. The Bertz CT molecular complexity index is 719. The fourth-order valence-electron chi connectivity index (χ4n) is 2.91. The van der Waals surface area contributed by atoms with E-state index < -0.39 is 0 Å². The molecule has 0 spiro atoms. The van der Waals surface area contributed by atoms with Gasteiger partial charge in [0.25, 0.3) is 5.91 Å². The average molecular weight is 318 g/mol. The maximum Gasteiger partial charge on any atom is 0.272 e. The van der Waals surface area contributed by atoms with Crippen LogP contribution in [0.5, 0.6) is 0 Å². The van der Waals surface area contributed by atoms with Gasteiger partial charge in [0.15, 0.2) is 11.6 Å². The minimum Gasteiger partial charge on any atom is -0.444 e. The normalized spacial score (nSPS) is 20.3. The number of rotatable bonds is 4. The van der Waals surface area contributed by atoms with Crippen LogP contribution in [0.4, 0.5) is 0 Å². The van der Waals surface area contributed by atoms with Crippen molar-refractivity contribution >= 4 is 5.91 Å². The number of H-pyrrole nitrogens is 1. The van der Waals surface area contributed by atoms with Gasteiger partial charge < -0.3 is 14.5 Å². The van der Waals surface area contributed by atoms with Crippen LogP contribution in [-0.2, 0) is 24.1 Å². The van der Waals surface area contributed by atoms with Gasteiger partial charge in [-0.2, -0.15) is 5.10 Å². The third-order valence-corrected chi connectivity index (χ3v) is 4.10. The zero-order valence-corrected chi connectivity index (χ0v) is 13.9. The standard InChI is InChI=1S/C16H22N4O3/c1-5-13-18-9(3)12(23-13)7-17-16(21)15-11-6-8(2)22-10(4)14(11)19-20-15/h8,10H,5-7H2,1-4H3,(H,17,21)(H,19,20)/t8-,10+/m0/s1. The predicted molar refractivity (Wildman–Crippen MR) is 83.0 cm³/mol. The lowest BCUT2D eigenvalue weighted by Crippen LogP contribution is -2.27. The number of aromatic nitrogens is 3. The van der Waals surface area contributed by atoms with Crippen molar-refractivity contribution in [1.82, 2.24) is 20.5 Å². The summed E-state index contributed by atoms with van der Waals surface area (Å²) in [5.74, 6) is 1.16. The molecule has 0 bridgehead atoms. The van der Waals surface area contributed by atoms with E-state index in [2.05, 4.69) is 20.5 Å². The van der Waals surface area contributed by atoms with Gasteiger partial charge in [-0.3, -0.25) is 9.89 Å². The van der Waals surface area contributed by atoms with Gasteiger partial charge in [0.1, 0.15) is 5.76 Å². The fourth-order valence-corrected chi connectivity index (χ4v) is 2.91. The smallest absolute Gasteiger partial charge is 0.272 e. The number of aryl methyl sites for hydroxylation is 2. The number of aromatic amines is 1. The van der Waals surface area contributed by atoms with Crippen LogP contribution in [0.1, 0.15) is 66.0 Å². The molecule has 3 rings (SSSR count). The molecule has 0 fully saturated rings. The second-order valence-electron chi connectivity index (χ2n) is 5.91. The predicted octanol–water partition coefficient (Wildman–Crippen LogP) is 2.22. The van der Waals surface area contributed by atoms with Crippen molar-refractivity contribution in [3.8, 4) is 0 Å². The Kier molecular flexibility index (Phi) is 4.21. The summed E-state index contributed by atoms with van der Waals surface area (Å²) >= 11 is 0. The molecule has 0 unspecified atom stereocenters. The average Bonchev–Trinajstić information content (AvgIpc) is 3.08. The number of fused-ring (bicyclic) bond motifs is 1. The summed E-state index contributed by atoms with van der Waals surface area (Å²) < 4.78 is 11.3. The lowest BCUT2D eigenvalue weighted by Gasteiger charge is -2.25. The van der Waals surface area contributed by atoms with Crippen LogP contribution in [0.3, 0.4) is 0 Å². The van der Waals surface area contributed by atoms with E-state index >= 15 is 0 Å². The minimum absolute atomic E-state index is 0.0743. The largest absolute Gasteiger partial charge is 0.444 e. The number of carbonyl (C=O) groups is 1. The molecule has 23 heavy (non-hydrogen) atoms. The van der Waals surface area contributed by atoms with Crippen LogP contribution in [0.25, 0.3) is 0 Å². The molecule has 2 atom stereocenters. The van der Waals surface area contributed by atoms with Gasteiger partial charge in [-0.25, -0.2) is 4.98 Å². The Hall–Kier alpha value is -2.15. The maximum absolute atomic E-state index is 12.5. The van der Waals surface area contributed by atoms with Crippen molar-refractivity contribution in [2.45, 2.75) is 59.3 Å². The zero-order valence-electron chi connectivity index (χ0n) is 13.9. The minimum atomic E-state index is -0.211. The van der Waals surface area contributed by atoms with Crippen molar-refractivity contribution in [3.63, 3.8) is 0 Å². The van der Waals surface area contributed by atoms with Crippen LogP contribution in [0.15, 0.2) is 4.42 Å². The van der Waals surface area contributed by atoms with E-state index in [1.54, 1.807) is 0 Å². The summed E-state index contributed by atoms with van der Waals surface area (Å²) in [6, 6.07) is 0. The highest BCUT2D eigenvalue weighted by molar-refractivity contribution is 5.94.